The third-order valence-electron chi connectivity index (χ3n) is 5.69. The van der Waals surface area contributed by atoms with E-state index in [1.54, 1.807) is 12.1 Å². The molecule has 1 heterocycles. The van der Waals surface area contributed by atoms with E-state index < -0.39 is 0 Å². The van der Waals surface area contributed by atoms with E-state index in [-0.39, 0.29) is 5.92 Å². The van der Waals surface area contributed by atoms with Crippen LogP contribution in [0.25, 0.3) is 10.9 Å². The number of benzene rings is 3. The van der Waals surface area contributed by atoms with Gasteiger partial charge in [0.15, 0.2) is 0 Å². The molecule has 1 aromatic heterocycles. The van der Waals surface area contributed by atoms with Gasteiger partial charge in [-0.1, -0.05) is 62.7 Å². The summed E-state index contributed by atoms with van der Waals surface area (Å²) in [6.07, 6.45) is 1.93. The topological polar surface area (TPSA) is 36.0 Å². The van der Waals surface area contributed by atoms with E-state index in [2.05, 4.69) is 62.2 Å². The van der Waals surface area contributed by atoms with Crippen LogP contribution in [0.15, 0.2) is 66.7 Å². The summed E-state index contributed by atoms with van der Waals surface area (Å²) in [5.74, 6) is 1.12. The van der Waals surface area contributed by atoms with E-state index in [1.165, 1.54) is 22.3 Å². The van der Waals surface area contributed by atoms with Crippen molar-refractivity contribution in [1.82, 2.24) is 4.98 Å². The first kappa shape index (κ1) is 20.6. The first-order valence-electron chi connectivity index (χ1n) is 10.6. The van der Waals surface area contributed by atoms with Gasteiger partial charge in [-0.15, -0.1) is 0 Å². The second kappa shape index (κ2) is 8.57. The van der Waals surface area contributed by atoms with Crippen LogP contribution in [0.5, 0.6) is 5.75 Å². The fourth-order valence-corrected chi connectivity index (χ4v) is 4.46. The van der Waals surface area contributed by atoms with Crippen molar-refractivity contribution in [3.63, 3.8) is 0 Å². The molecule has 0 bridgehead atoms. The van der Waals surface area contributed by atoms with Crippen LogP contribution in [0.1, 0.15) is 54.6 Å². The van der Waals surface area contributed by atoms with Crippen LogP contribution in [-0.2, 0) is 12.8 Å². The number of hydrogen-bond acceptors (Lipinski definition) is 1. The summed E-state index contributed by atoms with van der Waals surface area (Å²) in [6, 6.07) is 22.6. The van der Waals surface area contributed by atoms with Gasteiger partial charge in [-0.2, -0.15) is 0 Å². The van der Waals surface area contributed by atoms with Crippen LogP contribution < -0.4 is 0 Å². The first-order chi connectivity index (χ1) is 14.4. The lowest BCUT2D eigenvalue weighted by molar-refractivity contribution is 0.476. The van der Waals surface area contributed by atoms with Crippen molar-refractivity contribution >= 4 is 22.5 Å². The van der Waals surface area contributed by atoms with Crippen molar-refractivity contribution in [3.05, 3.63) is 99.7 Å². The predicted molar refractivity (Wildman–Crippen MR) is 127 cm³/mol. The highest BCUT2D eigenvalue weighted by Crippen LogP contribution is 2.32. The molecule has 4 rings (SSSR count). The lowest BCUT2D eigenvalue weighted by Gasteiger charge is -2.18. The molecule has 0 aliphatic carbocycles. The van der Waals surface area contributed by atoms with Gasteiger partial charge in [0.2, 0.25) is 0 Å². The summed E-state index contributed by atoms with van der Waals surface area (Å²) in [5.41, 5.74) is 7.45. The fraction of sp³-hybridized carbons (Fsp3) is 0.259. The Bertz CT molecular complexity index is 1170. The zero-order chi connectivity index (χ0) is 21.3. The Labute approximate surface area is 183 Å². The van der Waals surface area contributed by atoms with Crippen molar-refractivity contribution in [1.29, 1.82) is 0 Å². The average molecular weight is 418 g/mol. The van der Waals surface area contributed by atoms with Gasteiger partial charge in [0.05, 0.1) is 0 Å². The minimum absolute atomic E-state index is 0.210. The Morgan fingerprint density at radius 2 is 1.73 bits per heavy atom. The maximum atomic E-state index is 9.80. The molecule has 2 N–H and O–H groups in total. The molecule has 0 aliphatic heterocycles. The van der Waals surface area contributed by atoms with E-state index >= 15 is 0 Å². The zero-order valence-electron chi connectivity index (χ0n) is 17.7. The number of aromatic nitrogens is 1. The maximum Gasteiger partial charge on any atom is 0.116 e. The van der Waals surface area contributed by atoms with E-state index in [1.807, 2.05) is 18.2 Å². The third-order valence-corrected chi connectivity index (χ3v) is 5.93. The number of aromatic amines is 1. The van der Waals surface area contributed by atoms with Gasteiger partial charge in [0.1, 0.15) is 5.75 Å². The highest BCUT2D eigenvalue weighted by atomic mass is 35.5. The summed E-state index contributed by atoms with van der Waals surface area (Å²) in [4.78, 5) is 3.54. The number of phenolic OH excluding ortho intramolecular Hbond substituents is 1. The second-order valence-corrected chi connectivity index (χ2v) is 9.09. The largest absolute Gasteiger partial charge is 0.508 e. The first-order valence-corrected chi connectivity index (χ1v) is 10.9. The standard InChI is InChI=1S/C27H28ClNO/c1-17(2)11-20-7-9-25(21(13-20)12-19-5-4-6-23(28)14-19)18(3)27-16-22-15-24(30)8-10-26(22)29-27/h4-10,13-18,29-30H,11-12H2,1-3H3. The van der Waals surface area contributed by atoms with Gasteiger partial charge >= 0.3 is 0 Å². The minimum Gasteiger partial charge on any atom is -0.508 e. The number of phenols is 1. The summed E-state index contributed by atoms with van der Waals surface area (Å²) < 4.78 is 0. The molecule has 1 atom stereocenters. The molecular weight excluding hydrogens is 390 g/mol. The predicted octanol–water partition coefficient (Wildman–Crippen LogP) is 7.47. The molecule has 0 aliphatic rings. The molecule has 0 saturated carbocycles. The lowest BCUT2D eigenvalue weighted by atomic mass is 9.87. The molecule has 3 aromatic carbocycles. The Morgan fingerprint density at radius 3 is 2.50 bits per heavy atom. The number of aromatic hydroxyl groups is 1. The summed E-state index contributed by atoms with van der Waals surface area (Å²) in [5, 5.41) is 11.6. The van der Waals surface area contributed by atoms with E-state index in [0.717, 1.165) is 34.5 Å². The van der Waals surface area contributed by atoms with Gasteiger partial charge in [-0.05, 0) is 77.4 Å². The molecule has 0 radical (unpaired) electrons. The minimum atomic E-state index is 0.210. The molecule has 4 aromatic rings. The fourth-order valence-electron chi connectivity index (χ4n) is 4.24. The Hall–Kier alpha value is -2.71. The smallest absolute Gasteiger partial charge is 0.116 e. The van der Waals surface area contributed by atoms with E-state index in [4.69, 9.17) is 11.6 Å². The van der Waals surface area contributed by atoms with Gasteiger partial charge in [-0.3, -0.25) is 0 Å². The van der Waals surface area contributed by atoms with Crippen LogP contribution in [0.2, 0.25) is 5.02 Å². The van der Waals surface area contributed by atoms with Crippen molar-refractivity contribution in [3.8, 4) is 5.75 Å². The van der Waals surface area contributed by atoms with Crippen LogP contribution >= 0.6 is 11.6 Å². The lowest BCUT2D eigenvalue weighted by Crippen LogP contribution is -2.05. The van der Waals surface area contributed by atoms with Crippen LogP contribution in [0.4, 0.5) is 0 Å². The van der Waals surface area contributed by atoms with Gasteiger partial charge in [0.25, 0.3) is 0 Å². The molecule has 0 spiro atoms. The van der Waals surface area contributed by atoms with Crippen molar-refractivity contribution in [2.75, 3.05) is 0 Å². The maximum absolute atomic E-state index is 9.80. The van der Waals surface area contributed by atoms with Gasteiger partial charge in [-0.25, -0.2) is 0 Å². The number of hydrogen-bond donors (Lipinski definition) is 2. The average Bonchev–Trinajstić information content (AvgIpc) is 3.10. The van der Waals surface area contributed by atoms with E-state index in [0.29, 0.717) is 11.7 Å². The van der Waals surface area contributed by atoms with Crippen LogP contribution in [-0.4, -0.2) is 10.1 Å². The normalized spacial score (nSPS) is 12.6. The molecule has 0 amide bonds. The van der Waals surface area contributed by atoms with Crippen LogP contribution in [0, 0.1) is 5.92 Å². The van der Waals surface area contributed by atoms with Gasteiger partial charge in [0, 0.05) is 27.5 Å². The molecule has 3 heteroatoms. The summed E-state index contributed by atoms with van der Waals surface area (Å²) >= 11 is 6.24. The number of H-pyrrole nitrogens is 1. The summed E-state index contributed by atoms with van der Waals surface area (Å²) in [7, 11) is 0. The monoisotopic (exact) mass is 417 g/mol. The van der Waals surface area contributed by atoms with Crippen molar-refractivity contribution in [2.24, 2.45) is 5.92 Å². The zero-order valence-corrected chi connectivity index (χ0v) is 18.5. The number of nitrogens with one attached hydrogen (secondary N) is 1. The van der Waals surface area contributed by atoms with Crippen molar-refractivity contribution in [2.45, 2.75) is 39.5 Å². The summed E-state index contributed by atoms with van der Waals surface area (Å²) in [6.45, 7) is 6.75. The van der Waals surface area contributed by atoms with Crippen molar-refractivity contribution < 1.29 is 5.11 Å². The second-order valence-electron chi connectivity index (χ2n) is 8.66. The Balaban J connectivity index is 1.74. The van der Waals surface area contributed by atoms with E-state index in [9.17, 15) is 5.11 Å². The molecule has 154 valence electrons. The number of fused-ring (bicyclic) bond motifs is 1. The molecular formula is C27H28ClNO. The quantitative estimate of drug-likeness (QED) is 0.335. The highest BCUT2D eigenvalue weighted by Gasteiger charge is 2.17. The SMILES string of the molecule is CC(C)Cc1ccc(C(C)c2cc3cc(O)ccc3[nH]2)c(Cc2cccc(Cl)c2)c1. The molecule has 0 saturated heterocycles. The Morgan fingerprint density at radius 1 is 0.900 bits per heavy atom. The molecule has 2 nitrogen and oxygen atoms in total. The number of rotatable bonds is 6. The van der Waals surface area contributed by atoms with Crippen LogP contribution in [0.3, 0.4) is 0 Å². The number of halogens is 1. The Kier molecular flexibility index (Phi) is 5.87. The molecule has 0 fully saturated rings. The third kappa shape index (κ3) is 4.55. The van der Waals surface area contributed by atoms with Gasteiger partial charge < -0.3 is 10.1 Å². The molecule has 30 heavy (non-hydrogen) atoms. The molecule has 1 unspecified atom stereocenters. The highest BCUT2D eigenvalue weighted by molar-refractivity contribution is 6.30.